The molecule has 11 heteroatoms. The molecule has 1 aliphatic heterocycles. The average molecular weight is 488 g/mol. The highest BCUT2D eigenvalue weighted by molar-refractivity contribution is 6.12. The summed E-state index contributed by atoms with van der Waals surface area (Å²) >= 11 is 0. The summed E-state index contributed by atoms with van der Waals surface area (Å²) in [4.78, 5) is 50.3. The van der Waals surface area contributed by atoms with E-state index < -0.39 is 52.0 Å². The lowest BCUT2D eigenvalue weighted by atomic mass is 9.69. The number of hydrogen-bond donors (Lipinski definition) is 2. The van der Waals surface area contributed by atoms with Gasteiger partial charge in [0.05, 0.1) is 30.8 Å². The highest BCUT2D eigenvalue weighted by Crippen LogP contribution is 2.48. The molecule has 0 radical (unpaired) electrons. The summed E-state index contributed by atoms with van der Waals surface area (Å²) in [6.45, 7) is 6.72. The maximum Gasteiger partial charge on any atom is 0.337 e. The van der Waals surface area contributed by atoms with E-state index in [2.05, 4.69) is 5.32 Å². The molecule has 2 aliphatic rings. The Kier molecular flexibility index (Phi) is 7.18. The number of methoxy groups -OCH3 is 2. The lowest BCUT2D eigenvalue weighted by molar-refractivity contribution is -0.386. The monoisotopic (exact) mass is 488 g/mol. The molecule has 0 aromatic heterocycles. The molecule has 0 spiro atoms. The Morgan fingerprint density at radius 3 is 2.46 bits per heavy atom. The Balaban J connectivity index is 2.32. The quantitative estimate of drug-likeness (QED) is 0.264. The van der Waals surface area contributed by atoms with Crippen molar-refractivity contribution in [2.45, 2.75) is 46.1 Å². The highest BCUT2D eigenvalue weighted by Gasteiger charge is 2.47. The van der Waals surface area contributed by atoms with E-state index in [9.17, 15) is 29.6 Å². The van der Waals surface area contributed by atoms with Crippen LogP contribution in [0.2, 0.25) is 0 Å². The Bertz CT molecular complexity index is 1170. The van der Waals surface area contributed by atoms with Gasteiger partial charge in [-0.3, -0.25) is 19.7 Å². The minimum Gasteiger partial charge on any atom is -0.500 e. The van der Waals surface area contributed by atoms with Crippen LogP contribution in [0.4, 0.5) is 5.69 Å². The Hall–Kier alpha value is -3.89. The summed E-state index contributed by atoms with van der Waals surface area (Å²) in [6, 6.07) is 2.42. The number of phenols is 1. The van der Waals surface area contributed by atoms with Crippen molar-refractivity contribution in [3.63, 3.8) is 0 Å². The van der Waals surface area contributed by atoms with Crippen LogP contribution in [0.25, 0.3) is 0 Å². The standard InChI is InChI=1S/C24H28N2O9/c1-10(2)35-24(30)18-12(4)25-14-7-11(3)17(23(29)34-6)22(28)20(14)19(18)13-8-15(26(31)32)21(27)16(9-13)33-5/h8-11,17,19,25,27H,7H2,1-6H3. The van der Waals surface area contributed by atoms with E-state index in [1.807, 2.05) is 0 Å². The third kappa shape index (κ3) is 4.58. The minimum absolute atomic E-state index is 0.0611. The van der Waals surface area contributed by atoms with E-state index in [4.69, 9.17) is 14.2 Å². The number of hydrogen-bond acceptors (Lipinski definition) is 10. The van der Waals surface area contributed by atoms with E-state index in [1.54, 1.807) is 27.7 Å². The predicted octanol–water partition coefficient (Wildman–Crippen LogP) is 2.87. The van der Waals surface area contributed by atoms with Crippen molar-refractivity contribution in [2.24, 2.45) is 11.8 Å². The molecule has 3 atom stereocenters. The van der Waals surface area contributed by atoms with Gasteiger partial charge in [0.2, 0.25) is 5.75 Å². The maximum absolute atomic E-state index is 13.7. The zero-order valence-corrected chi connectivity index (χ0v) is 20.3. The third-order valence-corrected chi connectivity index (χ3v) is 6.13. The number of nitrogens with zero attached hydrogens (tertiary/aromatic N) is 1. The van der Waals surface area contributed by atoms with Gasteiger partial charge in [0, 0.05) is 29.0 Å². The lowest BCUT2D eigenvalue weighted by Crippen LogP contribution is -2.43. The van der Waals surface area contributed by atoms with Crippen LogP contribution in [-0.2, 0) is 23.9 Å². The number of Topliss-reactive ketones (excluding diaryl/α,β-unsaturated/α-hetero) is 1. The number of benzene rings is 1. The van der Waals surface area contributed by atoms with Crippen molar-refractivity contribution >= 4 is 23.4 Å². The first-order chi connectivity index (χ1) is 16.4. The number of dihydropyridines is 1. The number of esters is 2. The summed E-state index contributed by atoms with van der Waals surface area (Å²) in [6.07, 6.45) is -0.175. The van der Waals surface area contributed by atoms with Gasteiger partial charge in [-0.05, 0) is 44.7 Å². The van der Waals surface area contributed by atoms with Crippen molar-refractivity contribution in [3.05, 3.63) is 50.4 Å². The molecule has 2 N–H and O–H groups in total. The molecule has 1 heterocycles. The molecule has 0 fully saturated rings. The number of ketones is 1. The van der Waals surface area contributed by atoms with Gasteiger partial charge in [0.25, 0.3) is 0 Å². The predicted molar refractivity (Wildman–Crippen MR) is 122 cm³/mol. The van der Waals surface area contributed by atoms with Crippen LogP contribution in [0.1, 0.15) is 45.6 Å². The molecule has 11 nitrogen and oxygen atoms in total. The van der Waals surface area contributed by atoms with Gasteiger partial charge in [-0.2, -0.15) is 0 Å². The van der Waals surface area contributed by atoms with Gasteiger partial charge < -0.3 is 24.6 Å². The highest BCUT2D eigenvalue weighted by atomic mass is 16.6. The SMILES string of the molecule is COC(=O)C1C(=O)C2=C(CC1C)NC(C)=C(C(=O)OC(C)C)C2c1cc(OC)c(O)c([N+](=O)[O-])c1. The molecule has 1 aromatic rings. The van der Waals surface area contributed by atoms with Gasteiger partial charge in [-0.1, -0.05) is 6.92 Å². The molecule has 188 valence electrons. The Morgan fingerprint density at radius 2 is 1.91 bits per heavy atom. The number of carbonyl (C=O) groups is 3. The molecule has 1 aromatic carbocycles. The zero-order chi connectivity index (χ0) is 26.2. The molecule has 0 amide bonds. The molecule has 3 unspecified atom stereocenters. The second kappa shape index (κ2) is 9.77. The maximum atomic E-state index is 13.7. The van der Waals surface area contributed by atoms with Crippen molar-refractivity contribution in [1.29, 1.82) is 0 Å². The van der Waals surface area contributed by atoms with Gasteiger partial charge in [0.15, 0.2) is 11.5 Å². The summed E-state index contributed by atoms with van der Waals surface area (Å²) < 4.78 is 15.4. The van der Waals surface area contributed by atoms with E-state index in [0.717, 1.165) is 6.07 Å². The normalized spacial score (nSPS) is 21.9. The molecule has 1 aliphatic carbocycles. The van der Waals surface area contributed by atoms with E-state index >= 15 is 0 Å². The fraction of sp³-hybridized carbons (Fsp3) is 0.458. The number of allylic oxidation sites excluding steroid dienone is 3. The Labute approximate surface area is 201 Å². The first-order valence-electron chi connectivity index (χ1n) is 11.0. The molecule has 0 bridgehead atoms. The number of nitrogens with one attached hydrogen (secondary N) is 1. The Morgan fingerprint density at radius 1 is 1.26 bits per heavy atom. The number of nitro benzene ring substituents is 1. The van der Waals surface area contributed by atoms with Crippen LogP contribution in [-0.4, -0.2) is 48.1 Å². The first-order valence-corrected chi connectivity index (χ1v) is 11.0. The van der Waals surface area contributed by atoms with Crippen LogP contribution < -0.4 is 10.1 Å². The van der Waals surface area contributed by atoms with Crippen molar-refractivity contribution in [1.82, 2.24) is 5.32 Å². The topological polar surface area (TPSA) is 154 Å². The van der Waals surface area contributed by atoms with Gasteiger partial charge in [-0.25, -0.2) is 4.79 Å². The van der Waals surface area contributed by atoms with Crippen LogP contribution in [0.5, 0.6) is 11.5 Å². The first kappa shape index (κ1) is 25.7. The summed E-state index contributed by atoms with van der Waals surface area (Å²) in [5.74, 6) is -5.49. The van der Waals surface area contributed by atoms with Crippen LogP contribution in [0, 0.1) is 22.0 Å². The lowest BCUT2D eigenvalue weighted by Gasteiger charge is -2.38. The molecule has 0 saturated carbocycles. The fourth-order valence-electron chi connectivity index (χ4n) is 4.64. The van der Waals surface area contributed by atoms with Crippen molar-refractivity contribution in [2.75, 3.05) is 14.2 Å². The van der Waals surface area contributed by atoms with Crippen molar-refractivity contribution < 1.29 is 38.6 Å². The molecular formula is C24H28N2O9. The molecule has 35 heavy (non-hydrogen) atoms. The summed E-state index contributed by atoms with van der Waals surface area (Å²) in [5, 5.41) is 25.0. The van der Waals surface area contributed by atoms with Crippen LogP contribution in [0.3, 0.4) is 0 Å². The number of aromatic hydroxyl groups is 1. The minimum atomic E-state index is -1.11. The largest absolute Gasteiger partial charge is 0.500 e. The van der Waals surface area contributed by atoms with Gasteiger partial charge in [0.1, 0.15) is 5.92 Å². The van der Waals surface area contributed by atoms with E-state index in [-0.39, 0.29) is 28.4 Å². The number of nitro groups is 1. The number of rotatable bonds is 6. The van der Waals surface area contributed by atoms with Crippen molar-refractivity contribution in [3.8, 4) is 11.5 Å². The van der Waals surface area contributed by atoms with Crippen LogP contribution >= 0.6 is 0 Å². The smallest absolute Gasteiger partial charge is 0.337 e. The third-order valence-electron chi connectivity index (χ3n) is 6.13. The molecule has 0 saturated heterocycles. The van der Waals surface area contributed by atoms with Gasteiger partial charge in [-0.15, -0.1) is 0 Å². The number of carbonyl (C=O) groups excluding carboxylic acids is 3. The average Bonchev–Trinajstić information content (AvgIpc) is 2.77. The molecule has 3 rings (SSSR count). The summed E-state index contributed by atoms with van der Waals surface area (Å²) in [5.41, 5.74) is 0.580. The molecular weight excluding hydrogens is 460 g/mol. The number of ether oxygens (including phenoxy) is 3. The number of phenolic OH excluding ortho intramolecular Hbond substituents is 1. The summed E-state index contributed by atoms with van der Waals surface area (Å²) in [7, 11) is 2.41. The van der Waals surface area contributed by atoms with E-state index in [1.165, 1.54) is 20.3 Å². The second-order valence-corrected chi connectivity index (χ2v) is 8.84. The van der Waals surface area contributed by atoms with Gasteiger partial charge >= 0.3 is 17.6 Å². The fourth-order valence-corrected chi connectivity index (χ4v) is 4.64. The van der Waals surface area contributed by atoms with Crippen LogP contribution in [0.15, 0.2) is 34.7 Å². The van der Waals surface area contributed by atoms with E-state index in [0.29, 0.717) is 17.8 Å². The second-order valence-electron chi connectivity index (χ2n) is 8.84. The zero-order valence-electron chi connectivity index (χ0n) is 20.3.